The molecule has 0 saturated heterocycles. The van der Waals surface area contributed by atoms with Gasteiger partial charge in [0.2, 0.25) is 5.76 Å². The normalized spacial score (nSPS) is 15.6. The third-order valence-corrected chi connectivity index (χ3v) is 5.88. The van der Waals surface area contributed by atoms with Crippen LogP contribution in [0.3, 0.4) is 0 Å². The quantitative estimate of drug-likeness (QED) is 0.342. The lowest BCUT2D eigenvalue weighted by Crippen LogP contribution is -2.29. The van der Waals surface area contributed by atoms with E-state index in [1.54, 1.807) is 23.7 Å². The molecule has 148 valence electrons. The van der Waals surface area contributed by atoms with E-state index < -0.39 is 16.9 Å². The predicted octanol–water partition coefficient (Wildman–Crippen LogP) is 4.56. The number of anilines is 1. The standard InChI is InChI=1S/C20H10ClN3O5S/c21-11-3-6-14-13(9-11)17(25)15-16(10-1-4-12(5-2-10)24(27)28)23(19(26)18(15)29-14)20-22-7-8-30-20/h1-9,16H/t16-/m0/s1. The lowest BCUT2D eigenvalue weighted by molar-refractivity contribution is -0.384. The van der Waals surface area contributed by atoms with Gasteiger partial charge in [-0.3, -0.25) is 24.6 Å². The first kappa shape index (κ1) is 18.5. The molecule has 0 radical (unpaired) electrons. The highest BCUT2D eigenvalue weighted by Crippen LogP contribution is 2.42. The van der Waals surface area contributed by atoms with Crippen LogP contribution in [-0.2, 0) is 0 Å². The third kappa shape index (κ3) is 2.71. The second kappa shape index (κ2) is 6.75. The largest absolute Gasteiger partial charge is 0.450 e. The molecule has 2 aromatic carbocycles. The molecular weight excluding hydrogens is 430 g/mol. The van der Waals surface area contributed by atoms with E-state index >= 15 is 0 Å². The van der Waals surface area contributed by atoms with Crippen molar-refractivity contribution in [1.82, 2.24) is 4.98 Å². The van der Waals surface area contributed by atoms with Gasteiger partial charge in [-0.2, -0.15) is 0 Å². The number of nitro benzene ring substituents is 1. The molecule has 0 aliphatic carbocycles. The maximum Gasteiger partial charge on any atom is 0.297 e. The number of carbonyl (C=O) groups excluding carboxylic acids is 1. The van der Waals surface area contributed by atoms with Crippen molar-refractivity contribution in [2.45, 2.75) is 6.04 Å². The third-order valence-electron chi connectivity index (χ3n) is 4.88. The highest BCUT2D eigenvalue weighted by Gasteiger charge is 2.44. The molecule has 0 unspecified atom stereocenters. The molecule has 0 N–H and O–H groups in total. The fraction of sp³-hybridized carbons (Fsp3) is 0.0500. The molecule has 3 heterocycles. The first-order chi connectivity index (χ1) is 14.5. The summed E-state index contributed by atoms with van der Waals surface area (Å²) in [4.78, 5) is 42.7. The van der Waals surface area contributed by atoms with Gasteiger partial charge in [-0.15, -0.1) is 11.3 Å². The van der Waals surface area contributed by atoms with Crippen molar-refractivity contribution in [2.24, 2.45) is 0 Å². The topological polar surface area (TPSA) is 107 Å². The van der Waals surface area contributed by atoms with E-state index in [1.807, 2.05) is 0 Å². The predicted molar refractivity (Wildman–Crippen MR) is 111 cm³/mol. The molecule has 0 fully saturated rings. The summed E-state index contributed by atoms with van der Waals surface area (Å²) in [7, 11) is 0. The summed E-state index contributed by atoms with van der Waals surface area (Å²) in [5, 5.41) is 13.7. The molecule has 0 saturated carbocycles. The lowest BCUT2D eigenvalue weighted by atomic mass is 9.98. The fourth-order valence-electron chi connectivity index (χ4n) is 3.57. The van der Waals surface area contributed by atoms with E-state index in [4.69, 9.17) is 16.0 Å². The lowest BCUT2D eigenvalue weighted by Gasteiger charge is -2.22. The number of aromatic nitrogens is 1. The van der Waals surface area contributed by atoms with Gasteiger partial charge in [0, 0.05) is 28.7 Å². The van der Waals surface area contributed by atoms with E-state index in [2.05, 4.69) is 4.98 Å². The zero-order chi connectivity index (χ0) is 21.0. The second-order valence-corrected chi connectivity index (χ2v) is 7.86. The SMILES string of the molecule is O=C1c2oc3ccc(Cl)cc3c(=O)c2[C@H](c2ccc([N+](=O)[O-])cc2)N1c1nccs1. The van der Waals surface area contributed by atoms with Gasteiger partial charge in [0.05, 0.1) is 21.9 Å². The Kier molecular flexibility index (Phi) is 4.16. The molecule has 2 aromatic heterocycles. The Morgan fingerprint density at radius 1 is 1.17 bits per heavy atom. The summed E-state index contributed by atoms with van der Waals surface area (Å²) in [5.74, 6) is -0.578. The van der Waals surface area contributed by atoms with Gasteiger partial charge >= 0.3 is 0 Å². The number of nitro groups is 1. The van der Waals surface area contributed by atoms with Crippen LogP contribution in [0.15, 0.2) is 63.3 Å². The summed E-state index contributed by atoms with van der Waals surface area (Å²) in [6, 6.07) is 9.48. The first-order valence-corrected chi connectivity index (χ1v) is 9.95. The van der Waals surface area contributed by atoms with Gasteiger partial charge in [-0.05, 0) is 35.9 Å². The number of carbonyl (C=O) groups is 1. The zero-order valence-electron chi connectivity index (χ0n) is 14.9. The minimum atomic E-state index is -0.834. The highest BCUT2D eigenvalue weighted by atomic mass is 35.5. The molecule has 5 rings (SSSR count). The fourth-order valence-corrected chi connectivity index (χ4v) is 4.41. The van der Waals surface area contributed by atoms with Gasteiger partial charge in [-0.25, -0.2) is 4.98 Å². The number of thiazole rings is 1. The molecule has 10 heteroatoms. The Bertz CT molecular complexity index is 1380. The van der Waals surface area contributed by atoms with Crippen LogP contribution >= 0.6 is 22.9 Å². The number of non-ortho nitro benzene ring substituents is 1. The smallest absolute Gasteiger partial charge is 0.297 e. The monoisotopic (exact) mass is 439 g/mol. The molecule has 0 bridgehead atoms. The number of rotatable bonds is 3. The van der Waals surface area contributed by atoms with E-state index in [-0.39, 0.29) is 33.4 Å². The average Bonchev–Trinajstić information content (AvgIpc) is 3.35. The number of benzene rings is 2. The number of nitrogens with zero attached hydrogens (tertiary/aromatic N) is 3. The molecule has 1 aliphatic heterocycles. The maximum atomic E-state index is 13.4. The summed E-state index contributed by atoms with van der Waals surface area (Å²) in [6.07, 6.45) is 1.55. The van der Waals surface area contributed by atoms with Gasteiger partial charge < -0.3 is 4.42 Å². The van der Waals surface area contributed by atoms with Crippen LogP contribution < -0.4 is 10.3 Å². The van der Waals surface area contributed by atoms with Crippen molar-refractivity contribution in [1.29, 1.82) is 0 Å². The molecular formula is C20H10ClN3O5S. The van der Waals surface area contributed by atoms with Crippen LogP contribution in [0.5, 0.6) is 0 Å². The number of amides is 1. The number of hydrogen-bond acceptors (Lipinski definition) is 7. The van der Waals surface area contributed by atoms with Crippen molar-refractivity contribution in [3.8, 4) is 0 Å². The van der Waals surface area contributed by atoms with Crippen LogP contribution in [0.1, 0.15) is 27.7 Å². The van der Waals surface area contributed by atoms with Gasteiger partial charge in [0.15, 0.2) is 10.6 Å². The minimum Gasteiger partial charge on any atom is -0.450 e. The number of halogens is 1. The van der Waals surface area contributed by atoms with E-state index in [9.17, 15) is 19.7 Å². The van der Waals surface area contributed by atoms with Gasteiger partial charge in [-0.1, -0.05) is 11.6 Å². The Balaban J connectivity index is 1.79. The Morgan fingerprint density at radius 2 is 1.93 bits per heavy atom. The summed E-state index contributed by atoms with van der Waals surface area (Å²) in [5.41, 5.74) is 0.446. The van der Waals surface area contributed by atoms with Crippen molar-refractivity contribution < 1.29 is 14.1 Å². The molecule has 0 spiro atoms. The van der Waals surface area contributed by atoms with Crippen LogP contribution in [0.2, 0.25) is 5.02 Å². The molecule has 4 aromatic rings. The van der Waals surface area contributed by atoms with Crippen molar-refractivity contribution in [2.75, 3.05) is 4.90 Å². The summed E-state index contributed by atoms with van der Waals surface area (Å²) >= 11 is 7.29. The summed E-state index contributed by atoms with van der Waals surface area (Å²) in [6.45, 7) is 0. The van der Waals surface area contributed by atoms with E-state index in [1.165, 1.54) is 46.6 Å². The van der Waals surface area contributed by atoms with Gasteiger partial charge in [0.1, 0.15) is 5.58 Å². The Hall–Kier alpha value is -3.56. The summed E-state index contributed by atoms with van der Waals surface area (Å²) < 4.78 is 5.81. The average molecular weight is 440 g/mol. The van der Waals surface area contributed by atoms with E-state index in [0.717, 1.165) is 0 Å². The molecule has 1 amide bonds. The van der Waals surface area contributed by atoms with Gasteiger partial charge in [0.25, 0.3) is 11.6 Å². The van der Waals surface area contributed by atoms with Crippen LogP contribution in [0.4, 0.5) is 10.8 Å². The van der Waals surface area contributed by atoms with Crippen LogP contribution in [0.25, 0.3) is 11.0 Å². The maximum absolute atomic E-state index is 13.4. The van der Waals surface area contributed by atoms with Crippen LogP contribution in [-0.4, -0.2) is 15.8 Å². The Morgan fingerprint density at radius 3 is 2.60 bits per heavy atom. The number of hydrogen-bond donors (Lipinski definition) is 0. The minimum absolute atomic E-state index is 0.0756. The van der Waals surface area contributed by atoms with Crippen molar-refractivity contribution >= 4 is 50.6 Å². The van der Waals surface area contributed by atoms with Crippen molar-refractivity contribution in [3.05, 3.63) is 96.3 Å². The Labute approximate surface area is 177 Å². The molecule has 30 heavy (non-hydrogen) atoms. The highest BCUT2D eigenvalue weighted by molar-refractivity contribution is 7.13. The van der Waals surface area contributed by atoms with E-state index in [0.29, 0.717) is 15.7 Å². The molecule has 8 nitrogen and oxygen atoms in total. The number of fused-ring (bicyclic) bond motifs is 2. The van der Waals surface area contributed by atoms with Crippen molar-refractivity contribution in [3.63, 3.8) is 0 Å². The zero-order valence-corrected chi connectivity index (χ0v) is 16.5. The first-order valence-electron chi connectivity index (χ1n) is 8.69. The molecule has 1 aliphatic rings. The van der Waals surface area contributed by atoms with Crippen LogP contribution in [0, 0.1) is 10.1 Å². The second-order valence-electron chi connectivity index (χ2n) is 6.56. The molecule has 1 atom stereocenters.